The number of aromatic nitrogens is 1. The molecule has 2 atom stereocenters. The average molecular weight is 257 g/mol. The molecule has 1 aromatic rings. The SMILES string of the molecule is CC.CC.Cn1c2c(c3c1=CC1CC1C=3)=CCCC=2. The quantitative estimate of drug-likeness (QED) is 0.666. The summed E-state index contributed by atoms with van der Waals surface area (Å²) in [5.74, 6) is 1.71. The maximum absolute atomic E-state index is 2.51. The van der Waals surface area contributed by atoms with Crippen LogP contribution < -0.4 is 21.1 Å². The summed E-state index contributed by atoms with van der Waals surface area (Å²) in [6.07, 6.45) is 13.6. The predicted octanol–water partition coefficient (Wildman–Crippen LogP) is 1.64. The highest BCUT2D eigenvalue weighted by Gasteiger charge is 2.35. The van der Waals surface area contributed by atoms with Crippen LogP contribution in [0.25, 0.3) is 24.3 Å². The fourth-order valence-corrected chi connectivity index (χ4v) is 3.09. The van der Waals surface area contributed by atoms with Gasteiger partial charge in [0.25, 0.3) is 0 Å². The van der Waals surface area contributed by atoms with Crippen LogP contribution in [-0.2, 0) is 7.05 Å². The van der Waals surface area contributed by atoms with Gasteiger partial charge in [0.15, 0.2) is 0 Å². The molecule has 104 valence electrons. The van der Waals surface area contributed by atoms with Crippen molar-refractivity contribution >= 4 is 24.3 Å². The summed E-state index contributed by atoms with van der Waals surface area (Å²) in [6.45, 7) is 8.00. The van der Waals surface area contributed by atoms with E-state index < -0.39 is 0 Å². The van der Waals surface area contributed by atoms with E-state index in [0.29, 0.717) is 0 Å². The summed E-state index contributed by atoms with van der Waals surface area (Å²) in [5.41, 5.74) is 0. The minimum Gasteiger partial charge on any atom is -0.344 e. The highest BCUT2D eigenvalue weighted by Crippen LogP contribution is 2.41. The van der Waals surface area contributed by atoms with E-state index >= 15 is 0 Å². The monoisotopic (exact) mass is 257 g/mol. The van der Waals surface area contributed by atoms with Gasteiger partial charge in [0.05, 0.1) is 0 Å². The van der Waals surface area contributed by atoms with Crippen molar-refractivity contribution in [2.24, 2.45) is 18.9 Å². The molecule has 1 fully saturated rings. The molecule has 4 rings (SSSR count). The number of nitrogens with zero attached hydrogens (tertiary/aromatic N) is 1. The Morgan fingerprint density at radius 2 is 1.47 bits per heavy atom. The Hall–Kier alpha value is -1.24. The molecule has 19 heavy (non-hydrogen) atoms. The lowest BCUT2D eigenvalue weighted by Crippen LogP contribution is -2.39. The summed E-state index contributed by atoms with van der Waals surface area (Å²) in [6, 6.07) is 0. The van der Waals surface area contributed by atoms with Gasteiger partial charge in [-0.3, -0.25) is 0 Å². The van der Waals surface area contributed by atoms with Gasteiger partial charge in [-0.1, -0.05) is 52.0 Å². The maximum atomic E-state index is 2.51. The van der Waals surface area contributed by atoms with Crippen molar-refractivity contribution in [2.45, 2.75) is 47.0 Å². The summed E-state index contributed by atoms with van der Waals surface area (Å²) < 4.78 is 2.38. The van der Waals surface area contributed by atoms with E-state index in [4.69, 9.17) is 0 Å². The zero-order valence-electron chi connectivity index (χ0n) is 13.0. The second-order valence-corrected chi connectivity index (χ2v) is 5.04. The predicted molar refractivity (Wildman–Crippen MR) is 85.3 cm³/mol. The number of hydrogen-bond acceptors (Lipinski definition) is 0. The topological polar surface area (TPSA) is 4.93 Å². The van der Waals surface area contributed by atoms with Crippen molar-refractivity contribution in [1.29, 1.82) is 0 Å². The molecular formula is C18H27N. The number of hydrogen-bond donors (Lipinski definition) is 0. The van der Waals surface area contributed by atoms with Crippen molar-refractivity contribution in [3.05, 3.63) is 21.1 Å². The van der Waals surface area contributed by atoms with E-state index in [-0.39, 0.29) is 0 Å². The lowest BCUT2D eigenvalue weighted by atomic mass is 10.1. The smallest absolute Gasteiger partial charge is 0.0447 e. The molecular weight excluding hydrogens is 230 g/mol. The molecule has 0 bridgehead atoms. The zero-order valence-corrected chi connectivity index (χ0v) is 13.0. The maximum Gasteiger partial charge on any atom is 0.0447 e. The summed E-state index contributed by atoms with van der Waals surface area (Å²) in [4.78, 5) is 0. The van der Waals surface area contributed by atoms with E-state index in [2.05, 4.69) is 35.9 Å². The molecule has 0 radical (unpaired) electrons. The van der Waals surface area contributed by atoms with Crippen molar-refractivity contribution in [2.75, 3.05) is 0 Å². The van der Waals surface area contributed by atoms with E-state index in [1.807, 2.05) is 27.7 Å². The molecule has 1 nitrogen and oxygen atoms in total. The summed E-state index contributed by atoms with van der Waals surface area (Å²) >= 11 is 0. The van der Waals surface area contributed by atoms with E-state index in [0.717, 1.165) is 11.8 Å². The molecule has 1 heterocycles. The van der Waals surface area contributed by atoms with Gasteiger partial charge in [0, 0.05) is 28.2 Å². The fraction of sp³-hybridized carbons (Fsp3) is 0.556. The zero-order chi connectivity index (χ0) is 14.0. The second-order valence-electron chi connectivity index (χ2n) is 5.04. The minimum absolute atomic E-state index is 0.854. The van der Waals surface area contributed by atoms with Gasteiger partial charge >= 0.3 is 0 Å². The van der Waals surface area contributed by atoms with Crippen molar-refractivity contribution in [3.63, 3.8) is 0 Å². The first-order chi connectivity index (χ1) is 9.34. The van der Waals surface area contributed by atoms with E-state index in [1.54, 1.807) is 0 Å². The van der Waals surface area contributed by atoms with Gasteiger partial charge in [-0.2, -0.15) is 0 Å². The normalized spacial score (nSPS) is 24.1. The molecule has 1 heteroatoms. The van der Waals surface area contributed by atoms with Crippen LogP contribution in [0, 0.1) is 11.8 Å². The first-order valence-electron chi connectivity index (χ1n) is 7.93. The lowest BCUT2D eigenvalue weighted by Gasteiger charge is -1.97. The molecule has 3 aliphatic rings. The molecule has 0 aliphatic heterocycles. The second kappa shape index (κ2) is 5.81. The molecule has 0 saturated heterocycles. The first-order valence-corrected chi connectivity index (χ1v) is 7.93. The molecule has 0 amide bonds. The van der Waals surface area contributed by atoms with Gasteiger partial charge in [-0.05, 0) is 31.1 Å². The average Bonchev–Trinajstić information content (AvgIpc) is 3.22. The largest absolute Gasteiger partial charge is 0.344 e. The number of rotatable bonds is 0. The van der Waals surface area contributed by atoms with Gasteiger partial charge in [-0.15, -0.1) is 0 Å². The van der Waals surface area contributed by atoms with Gasteiger partial charge < -0.3 is 4.57 Å². The summed E-state index contributed by atoms with van der Waals surface area (Å²) in [7, 11) is 2.21. The van der Waals surface area contributed by atoms with Gasteiger partial charge in [-0.25, -0.2) is 0 Å². The van der Waals surface area contributed by atoms with Gasteiger partial charge in [0.1, 0.15) is 0 Å². The first kappa shape index (κ1) is 14.2. The number of fused-ring (bicyclic) bond motifs is 4. The van der Waals surface area contributed by atoms with Crippen LogP contribution in [-0.4, -0.2) is 4.57 Å². The Morgan fingerprint density at radius 3 is 2.21 bits per heavy atom. The van der Waals surface area contributed by atoms with E-state index in [9.17, 15) is 0 Å². The fourth-order valence-electron chi connectivity index (χ4n) is 3.09. The van der Waals surface area contributed by atoms with Crippen molar-refractivity contribution in [1.82, 2.24) is 4.57 Å². The molecule has 3 aliphatic carbocycles. The highest BCUT2D eigenvalue weighted by atomic mass is 14.9. The molecule has 0 aromatic carbocycles. The van der Waals surface area contributed by atoms with Crippen molar-refractivity contribution in [3.8, 4) is 0 Å². The molecule has 0 spiro atoms. The Bertz CT molecular complexity index is 673. The van der Waals surface area contributed by atoms with Crippen LogP contribution in [0.1, 0.15) is 47.0 Å². The Kier molecular flexibility index (Phi) is 4.34. The van der Waals surface area contributed by atoms with Crippen LogP contribution in [0.3, 0.4) is 0 Å². The third-order valence-corrected chi connectivity index (χ3v) is 4.06. The highest BCUT2D eigenvalue weighted by molar-refractivity contribution is 5.51. The molecule has 0 N–H and O–H groups in total. The van der Waals surface area contributed by atoms with Crippen LogP contribution in [0.5, 0.6) is 0 Å². The third-order valence-electron chi connectivity index (χ3n) is 4.06. The third kappa shape index (κ3) is 2.31. The lowest BCUT2D eigenvalue weighted by molar-refractivity contribution is 0.837. The minimum atomic E-state index is 0.854. The van der Waals surface area contributed by atoms with E-state index in [1.165, 1.54) is 40.4 Å². The standard InChI is InChI=1S/C14H15N.2C2H6/c1-15-13-5-3-2-4-11(13)12-7-9-6-10(9)8-14(12)15;2*1-2/h4-5,7-10H,2-3,6H2,1H3;2*1-2H3. The molecule has 2 unspecified atom stereocenters. The summed E-state index contributed by atoms with van der Waals surface area (Å²) in [5, 5.41) is 5.93. The van der Waals surface area contributed by atoms with Crippen LogP contribution >= 0.6 is 0 Å². The Morgan fingerprint density at radius 1 is 0.842 bits per heavy atom. The Balaban J connectivity index is 0.000000308. The van der Waals surface area contributed by atoms with Crippen LogP contribution in [0.4, 0.5) is 0 Å². The van der Waals surface area contributed by atoms with Crippen LogP contribution in [0.15, 0.2) is 0 Å². The van der Waals surface area contributed by atoms with Crippen molar-refractivity contribution < 1.29 is 0 Å². The van der Waals surface area contributed by atoms with Gasteiger partial charge in [0.2, 0.25) is 0 Å². The molecule has 1 aromatic heterocycles. The van der Waals surface area contributed by atoms with Crippen LogP contribution in [0.2, 0.25) is 0 Å². The molecule has 1 saturated carbocycles. The Labute approximate surface area is 116 Å².